The molecule has 1 aromatic carbocycles. The fraction of sp³-hybridized carbons (Fsp3) is 0.355. The van der Waals surface area contributed by atoms with E-state index in [0.29, 0.717) is 0 Å². The molecule has 7 rings (SSSR count). The van der Waals surface area contributed by atoms with Gasteiger partial charge in [0.2, 0.25) is 0 Å². The van der Waals surface area contributed by atoms with Gasteiger partial charge in [0.25, 0.3) is 10.0 Å². The van der Waals surface area contributed by atoms with Gasteiger partial charge in [-0.25, -0.2) is 31.1 Å². The number of esters is 1. The number of nitrogens with one attached hydrogen (secondary N) is 1. The van der Waals surface area contributed by atoms with E-state index >= 15 is 4.39 Å². The Morgan fingerprint density at radius 2 is 1.84 bits per heavy atom. The fourth-order valence-corrected chi connectivity index (χ4v) is 7.85. The molecule has 3 aromatic heterocycles. The second-order valence-electron chi connectivity index (χ2n) is 11.1. The van der Waals surface area contributed by atoms with Crippen molar-refractivity contribution >= 4 is 32.8 Å². The Balaban J connectivity index is 1.48. The zero-order chi connectivity index (χ0) is 30.5. The fourth-order valence-electron chi connectivity index (χ4n) is 6.52. The minimum atomic E-state index is -4.19. The molecule has 0 aliphatic heterocycles. The number of nitriles is 1. The van der Waals surface area contributed by atoms with E-state index in [1.54, 1.807) is 19.1 Å². The minimum Gasteiger partial charge on any atom is -0.466 e. The molecule has 3 aliphatic carbocycles. The number of ether oxygens (including phenoxy) is 1. The molecule has 2 bridgehead atoms. The minimum absolute atomic E-state index is 0.0139. The molecular weight excluding hydrogens is 576 g/mol. The smallest absolute Gasteiger partial charge is 0.311 e. The molecule has 2 unspecified atom stereocenters. The summed E-state index contributed by atoms with van der Waals surface area (Å²) in [4.78, 5) is 21.5. The van der Waals surface area contributed by atoms with Crippen LogP contribution in [0.25, 0.3) is 22.3 Å². The second kappa shape index (κ2) is 11.0. The van der Waals surface area contributed by atoms with Crippen molar-refractivity contribution in [2.24, 2.45) is 17.8 Å². The number of aryl methyl sites for hydroxylation is 1. The van der Waals surface area contributed by atoms with Crippen LogP contribution in [0, 0.1) is 47.6 Å². The summed E-state index contributed by atoms with van der Waals surface area (Å²) in [5.41, 5.74) is 0.655. The first-order chi connectivity index (χ1) is 20.6. The standard InChI is InChI=1S/C31H29F2N5O4S/c1-3-42-31(39)26-18-6-8-19(9-7-18)28(26)37-29-25(33)12-20(14-34)27(36-29)24-16-38(30-23(24)13-21(32)15-35-30)43(40,41)22-10-4-17(2)5-11-22/h4-5,10-13,15-16,18-19,26,28H,3,6-9H2,1-2H3,(H,36,37). The molecule has 9 nitrogen and oxygen atoms in total. The van der Waals surface area contributed by atoms with Crippen molar-refractivity contribution in [2.45, 2.75) is 50.5 Å². The van der Waals surface area contributed by atoms with Crippen molar-refractivity contribution < 1.29 is 26.7 Å². The monoisotopic (exact) mass is 605 g/mol. The topological polar surface area (TPSA) is 127 Å². The first kappa shape index (κ1) is 28.7. The quantitative estimate of drug-likeness (QED) is 0.271. The summed E-state index contributed by atoms with van der Waals surface area (Å²) in [6.45, 7) is 3.79. The van der Waals surface area contributed by atoms with Crippen LogP contribution in [0.1, 0.15) is 43.7 Å². The molecule has 0 amide bonds. The largest absolute Gasteiger partial charge is 0.466 e. The third kappa shape index (κ3) is 5.01. The lowest BCUT2D eigenvalue weighted by atomic mass is 9.61. The maximum absolute atomic E-state index is 15.5. The average molecular weight is 606 g/mol. The molecular formula is C31H29F2N5O4S. The maximum Gasteiger partial charge on any atom is 0.311 e. The first-order valence-corrected chi connectivity index (χ1v) is 15.6. The van der Waals surface area contributed by atoms with Gasteiger partial charge in [-0.15, -0.1) is 0 Å². The van der Waals surface area contributed by atoms with Gasteiger partial charge in [-0.1, -0.05) is 17.7 Å². The van der Waals surface area contributed by atoms with Gasteiger partial charge in [0.1, 0.15) is 11.9 Å². The number of halogens is 2. The lowest BCUT2D eigenvalue weighted by Gasteiger charge is -2.47. The Morgan fingerprint density at radius 3 is 2.51 bits per heavy atom. The summed E-state index contributed by atoms with van der Waals surface area (Å²) in [7, 11) is -4.19. The summed E-state index contributed by atoms with van der Waals surface area (Å²) in [6, 6.07) is 9.82. The van der Waals surface area contributed by atoms with E-state index in [4.69, 9.17) is 4.74 Å². The van der Waals surface area contributed by atoms with E-state index < -0.39 is 33.6 Å². The molecule has 3 aliphatic rings. The van der Waals surface area contributed by atoms with Gasteiger partial charge >= 0.3 is 5.97 Å². The highest BCUT2D eigenvalue weighted by molar-refractivity contribution is 7.90. The van der Waals surface area contributed by atoms with Crippen molar-refractivity contribution in [2.75, 3.05) is 11.9 Å². The normalized spacial score (nSPS) is 21.5. The Morgan fingerprint density at radius 1 is 1.14 bits per heavy atom. The molecule has 3 fully saturated rings. The summed E-state index contributed by atoms with van der Waals surface area (Å²) in [5.74, 6) is -2.34. The average Bonchev–Trinajstić information content (AvgIpc) is 3.38. The number of hydrogen-bond donors (Lipinski definition) is 1. The number of rotatable bonds is 7. The van der Waals surface area contributed by atoms with E-state index in [9.17, 15) is 22.9 Å². The van der Waals surface area contributed by atoms with Gasteiger partial charge in [0.15, 0.2) is 17.3 Å². The number of fused-ring (bicyclic) bond motifs is 4. The highest BCUT2D eigenvalue weighted by atomic mass is 32.2. The van der Waals surface area contributed by atoms with Crippen LogP contribution in [0.3, 0.4) is 0 Å². The summed E-state index contributed by atoms with van der Waals surface area (Å²) < 4.78 is 63.6. The molecule has 12 heteroatoms. The van der Waals surface area contributed by atoms with Crippen molar-refractivity contribution in [1.29, 1.82) is 5.26 Å². The SMILES string of the molecule is CCOC(=O)C1C2CCC(CC2)C1Nc1nc(-c2cn(S(=O)(=O)c3ccc(C)cc3)c3ncc(F)cc23)c(C#N)cc1F. The number of benzene rings is 1. The summed E-state index contributed by atoms with van der Waals surface area (Å²) in [6.07, 6.45) is 5.64. The zero-order valence-corrected chi connectivity index (χ0v) is 24.4. The second-order valence-corrected chi connectivity index (χ2v) is 12.9. The van der Waals surface area contributed by atoms with Gasteiger partial charge in [-0.3, -0.25) is 4.79 Å². The van der Waals surface area contributed by atoms with Crippen molar-refractivity contribution in [3.8, 4) is 17.3 Å². The molecule has 1 N–H and O–H groups in total. The molecule has 0 radical (unpaired) electrons. The Bertz CT molecular complexity index is 1880. The zero-order valence-electron chi connectivity index (χ0n) is 23.5. The van der Waals surface area contributed by atoms with Gasteiger partial charge in [-0.2, -0.15) is 5.26 Å². The Kier molecular flexibility index (Phi) is 7.38. The van der Waals surface area contributed by atoms with E-state index in [2.05, 4.69) is 15.3 Å². The summed E-state index contributed by atoms with van der Waals surface area (Å²) in [5, 5.41) is 13.2. The Hall–Kier alpha value is -4.37. The van der Waals surface area contributed by atoms with Crippen LogP contribution < -0.4 is 5.32 Å². The number of pyridine rings is 2. The number of hydrogen-bond acceptors (Lipinski definition) is 8. The molecule has 2 atom stereocenters. The van der Waals surface area contributed by atoms with Gasteiger partial charge in [0.05, 0.1) is 34.9 Å². The van der Waals surface area contributed by atoms with Crippen molar-refractivity contribution in [1.82, 2.24) is 13.9 Å². The molecule has 222 valence electrons. The highest BCUT2D eigenvalue weighted by Gasteiger charge is 2.48. The molecule has 3 heterocycles. The lowest BCUT2D eigenvalue weighted by Crippen LogP contribution is -2.52. The number of carbonyl (C=O) groups excluding carboxylic acids is 1. The predicted octanol–water partition coefficient (Wildman–Crippen LogP) is 5.57. The number of anilines is 1. The van der Waals surface area contributed by atoms with E-state index in [0.717, 1.165) is 53.5 Å². The lowest BCUT2D eigenvalue weighted by molar-refractivity contribution is -0.154. The number of nitrogens with zero attached hydrogens (tertiary/aromatic N) is 4. The van der Waals surface area contributed by atoms with Crippen LogP contribution in [0.5, 0.6) is 0 Å². The predicted molar refractivity (Wildman–Crippen MR) is 154 cm³/mol. The van der Waals surface area contributed by atoms with Crippen LogP contribution in [0.4, 0.5) is 14.6 Å². The van der Waals surface area contributed by atoms with Crippen molar-refractivity contribution in [3.63, 3.8) is 0 Å². The first-order valence-electron chi connectivity index (χ1n) is 14.2. The van der Waals surface area contributed by atoms with Crippen LogP contribution >= 0.6 is 0 Å². The van der Waals surface area contributed by atoms with Crippen LogP contribution in [-0.4, -0.2) is 41.0 Å². The number of aromatic nitrogens is 3. The van der Waals surface area contributed by atoms with Crippen LogP contribution in [0.15, 0.2) is 53.7 Å². The molecule has 3 saturated carbocycles. The van der Waals surface area contributed by atoms with E-state index in [1.807, 2.05) is 13.0 Å². The maximum atomic E-state index is 15.5. The molecule has 0 spiro atoms. The number of carbonyl (C=O) groups is 1. The molecule has 4 aromatic rings. The van der Waals surface area contributed by atoms with Crippen LogP contribution in [0.2, 0.25) is 0 Å². The third-order valence-corrected chi connectivity index (χ3v) is 10.3. The van der Waals surface area contributed by atoms with E-state index in [1.165, 1.54) is 18.3 Å². The Labute approximate surface area is 247 Å². The van der Waals surface area contributed by atoms with Crippen LogP contribution in [-0.2, 0) is 19.6 Å². The van der Waals surface area contributed by atoms with Gasteiger partial charge in [-0.05, 0) is 75.6 Å². The molecule has 43 heavy (non-hydrogen) atoms. The summed E-state index contributed by atoms with van der Waals surface area (Å²) >= 11 is 0. The third-order valence-electron chi connectivity index (χ3n) is 8.59. The highest BCUT2D eigenvalue weighted by Crippen LogP contribution is 2.47. The van der Waals surface area contributed by atoms with E-state index in [-0.39, 0.29) is 63.0 Å². The van der Waals surface area contributed by atoms with Gasteiger partial charge < -0.3 is 10.1 Å². The van der Waals surface area contributed by atoms with Gasteiger partial charge in [0, 0.05) is 23.2 Å². The van der Waals surface area contributed by atoms with Crippen molar-refractivity contribution in [3.05, 3.63) is 71.6 Å². The molecule has 0 saturated heterocycles.